The fraction of sp³-hybridized carbons (Fsp3) is 0.533. The first-order valence-electron chi connectivity index (χ1n) is 6.71. The Kier molecular flexibility index (Phi) is 3.60. The first kappa shape index (κ1) is 12.9. The molecule has 1 saturated carbocycles. The van der Waals surface area contributed by atoms with Crippen molar-refractivity contribution in [3.05, 3.63) is 29.3 Å². The maximum atomic E-state index is 12.0. The largest absolute Gasteiger partial charge is 0.399 e. The van der Waals surface area contributed by atoms with Crippen LogP contribution in [-0.4, -0.2) is 12.5 Å². The molecule has 1 aromatic rings. The lowest BCUT2D eigenvalue weighted by atomic mass is 10.0. The summed E-state index contributed by atoms with van der Waals surface area (Å²) in [5, 5.41) is 3.05. The summed E-state index contributed by atoms with van der Waals surface area (Å²) >= 11 is 0. The van der Waals surface area contributed by atoms with Gasteiger partial charge in [-0.15, -0.1) is 0 Å². The van der Waals surface area contributed by atoms with Crippen LogP contribution < -0.4 is 11.1 Å². The van der Waals surface area contributed by atoms with Crippen molar-refractivity contribution < 1.29 is 4.79 Å². The maximum Gasteiger partial charge on any atom is 0.251 e. The smallest absolute Gasteiger partial charge is 0.251 e. The molecule has 18 heavy (non-hydrogen) atoms. The zero-order valence-corrected chi connectivity index (χ0v) is 11.3. The van der Waals surface area contributed by atoms with Gasteiger partial charge in [-0.25, -0.2) is 0 Å². The van der Waals surface area contributed by atoms with E-state index >= 15 is 0 Å². The number of rotatable bonds is 5. The minimum Gasteiger partial charge on any atom is -0.399 e. The number of nitrogens with two attached hydrogens (primary N) is 1. The molecule has 1 aliphatic rings. The summed E-state index contributed by atoms with van der Waals surface area (Å²) in [6.07, 6.45) is 4.91. The monoisotopic (exact) mass is 246 g/mol. The number of benzene rings is 1. The quantitative estimate of drug-likeness (QED) is 0.785. The lowest BCUT2D eigenvalue weighted by Crippen LogP contribution is -2.30. The normalized spacial score (nSPS) is 16.3. The Balaban J connectivity index is 1.93. The van der Waals surface area contributed by atoms with Crippen LogP contribution in [0.2, 0.25) is 0 Å². The van der Waals surface area contributed by atoms with Gasteiger partial charge in [-0.05, 0) is 55.4 Å². The van der Waals surface area contributed by atoms with Gasteiger partial charge in [0.15, 0.2) is 0 Å². The minimum absolute atomic E-state index is 0.0143. The molecule has 0 radical (unpaired) electrons. The van der Waals surface area contributed by atoms with Crippen molar-refractivity contribution in [2.24, 2.45) is 5.41 Å². The van der Waals surface area contributed by atoms with E-state index in [0.29, 0.717) is 11.0 Å². The number of hydrogen-bond donors (Lipinski definition) is 2. The molecule has 1 aliphatic carbocycles. The summed E-state index contributed by atoms with van der Waals surface area (Å²) in [7, 11) is 0. The van der Waals surface area contributed by atoms with E-state index in [0.717, 1.165) is 17.8 Å². The number of anilines is 1. The zero-order valence-electron chi connectivity index (χ0n) is 11.3. The molecule has 0 spiro atoms. The van der Waals surface area contributed by atoms with Gasteiger partial charge in [-0.2, -0.15) is 0 Å². The lowest BCUT2D eigenvalue weighted by Gasteiger charge is -2.15. The van der Waals surface area contributed by atoms with Gasteiger partial charge in [0.25, 0.3) is 5.91 Å². The van der Waals surface area contributed by atoms with E-state index in [1.165, 1.54) is 25.7 Å². The molecular formula is C15H22N2O. The lowest BCUT2D eigenvalue weighted by molar-refractivity contribution is 0.0943. The number of carbonyl (C=O) groups is 1. The molecule has 3 heteroatoms. The molecule has 1 amide bonds. The van der Waals surface area contributed by atoms with Crippen LogP contribution in [0.1, 0.15) is 48.5 Å². The molecular weight excluding hydrogens is 224 g/mol. The molecule has 0 bridgehead atoms. The third kappa shape index (κ3) is 2.84. The van der Waals surface area contributed by atoms with Crippen LogP contribution in [0.25, 0.3) is 0 Å². The van der Waals surface area contributed by atoms with E-state index in [9.17, 15) is 4.79 Å². The fourth-order valence-electron chi connectivity index (χ4n) is 2.41. The predicted octanol–water partition coefficient (Wildman–Crippen LogP) is 2.89. The van der Waals surface area contributed by atoms with Crippen LogP contribution in [0, 0.1) is 12.3 Å². The Bertz CT molecular complexity index is 450. The van der Waals surface area contributed by atoms with E-state index in [-0.39, 0.29) is 5.91 Å². The van der Waals surface area contributed by atoms with Crippen molar-refractivity contribution in [3.8, 4) is 0 Å². The third-order valence-corrected chi connectivity index (χ3v) is 3.89. The molecule has 3 nitrogen and oxygen atoms in total. The van der Waals surface area contributed by atoms with Crippen molar-refractivity contribution in [2.75, 3.05) is 12.3 Å². The molecule has 0 aliphatic heterocycles. The Labute approximate surface area is 109 Å². The molecule has 3 N–H and O–H groups in total. The van der Waals surface area contributed by atoms with Crippen molar-refractivity contribution in [2.45, 2.75) is 39.5 Å². The minimum atomic E-state index is 0.0143. The average molecular weight is 246 g/mol. The Morgan fingerprint density at radius 1 is 1.44 bits per heavy atom. The molecule has 2 rings (SSSR count). The summed E-state index contributed by atoms with van der Waals surface area (Å²) in [5.74, 6) is 0.0143. The summed E-state index contributed by atoms with van der Waals surface area (Å²) < 4.78 is 0. The van der Waals surface area contributed by atoms with Gasteiger partial charge in [0.2, 0.25) is 0 Å². The van der Waals surface area contributed by atoms with Gasteiger partial charge in [0, 0.05) is 17.8 Å². The van der Waals surface area contributed by atoms with Crippen molar-refractivity contribution in [1.82, 2.24) is 5.32 Å². The molecule has 0 saturated heterocycles. The molecule has 1 fully saturated rings. The van der Waals surface area contributed by atoms with E-state index in [2.05, 4.69) is 12.2 Å². The molecule has 98 valence electrons. The highest BCUT2D eigenvalue weighted by Crippen LogP contribution is 2.48. The zero-order chi connectivity index (χ0) is 13.2. The van der Waals surface area contributed by atoms with Gasteiger partial charge in [-0.1, -0.05) is 13.3 Å². The first-order valence-corrected chi connectivity index (χ1v) is 6.71. The summed E-state index contributed by atoms with van der Waals surface area (Å²) in [6.45, 7) is 4.93. The van der Waals surface area contributed by atoms with Crippen LogP contribution in [-0.2, 0) is 0 Å². The second-order valence-corrected chi connectivity index (χ2v) is 5.50. The Morgan fingerprint density at radius 3 is 2.72 bits per heavy atom. The van der Waals surface area contributed by atoms with Gasteiger partial charge >= 0.3 is 0 Å². The van der Waals surface area contributed by atoms with Crippen LogP contribution in [0.4, 0.5) is 5.69 Å². The molecule has 1 aromatic carbocycles. The summed E-state index contributed by atoms with van der Waals surface area (Å²) in [5.41, 5.74) is 8.54. The highest BCUT2D eigenvalue weighted by molar-refractivity contribution is 5.94. The fourth-order valence-corrected chi connectivity index (χ4v) is 2.41. The number of aryl methyl sites for hydroxylation is 1. The number of hydrogen-bond acceptors (Lipinski definition) is 2. The van der Waals surface area contributed by atoms with E-state index in [4.69, 9.17) is 5.73 Å². The SMILES string of the molecule is CCCC1(CNC(=O)c2ccc(N)c(C)c2)CC1. The van der Waals surface area contributed by atoms with E-state index in [1.807, 2.05) is 13.0 Å². The van der Waals surface area contributed by atoms with Gasteiger partial charge in [0.1, 0.15) is 0 Å². The number of nitrogens with one attached hydrogen (secondary N) is 1. The van der Waals surface area contributed by atoms with Gasteiger partial charge in [-0.3, -0.25) is 4.79 Å². The van der Waals surface area contributed by atoms with Crippen molar-refractivity contribution in [1.29, 1.82) is 0 Å². The van der Waals surface area contributed by atoms with Gasteiger partial charge < -0.3 is 11.1 Å². The molecule has 0 atom stereocenters. The summed E-state index contributed by atoms with van der Waals surface area (Å²) in [6, 6.07) is 5.43. The second kappa shape index (κ2) is 5.01. The number of amides is 1. The third-order valence-electron chi connectivity index (χ3n) is 3.89. The maximum absolute atomic E-state index is 12.0. The molecule has 0 unspecified atom stereocenters. The summed E-state index contributed by atoms with van der Waals surface area (Å²) in [4.78, 5) is 12.0. The number of nitrogen functional groups attached to an aromatic ring is 1. The van der Waals surface area contributed by atoms with Crippen LogP contribution in [0.15, 0.2) is 18.2 Å². The second-order valence-electron chi connectivity index (χ2n) is 5.50. The van der Waals surface area contributed by atoms with Gasteiger partial charge in [0.05, 0.1) is 0 Å². The Morgan fingerprint density at radius 2 is 2.17 bits per heavy atom. The average Bonchev–Trinajstić information content (AvgIpc) is 3.11. The first-order chi connectivity index (χ1) is 8.56. The van der Waals surface area contributed by atoms with E-state index < -0.39 is 0 Å². The highest BCUT2D eigenvalue weighted by Gasteiger charge is 2.41. The van der Waals surface area contributed by atoms with Crippen molar-refractivity contribution in [3.63, 3.8) is 0 Å². The highest BCUT2D eigenvalue weighted by atomic mass is 16.1. The topological polar surface area (TPSA) is 55.1 Å². The standard InChI is InChI=1S/C15H22N2O/c1-3-6-15(7-8-15)10-17-14(18)12-4-5-13(16)11(2)9-12/h4-5,9H,3,6-8,10,16H2,1-2H3,(H,17,18). The van der Waals surface area contributed by atoms with E-state index in [1.54, 1.807) is 12.1 Å². The molecule has 0 aromatic heterocycles. The van der Waals surface area contributed by atoms with Crippen molar-refractivity contribution >= 4 is 11.6 Å². The molecule has 0 heterocycles. The van der Waals surface area contributed by atoms with Crippen LogP contribution in [0.3, 0.4) is 0 Å². The van der Waals surface area contributed by atoms with Crippen LogP contribution in [0.5, 0.6) is 0 Å². The number of carbonyl (C=O) groups excluding carboxylic acids is 1. The Hall–Kier alpha value is -1.51. The van der Waals surface area contributed by atoms with Crippen LogP contribution >= 0.6 is 0 Å². The predicted molar refractivity (Wildman–Crippen MR) is 74.5 cm³/mol.